The van der Waals surface area contributed by atoms with Gasteiger partial charge in [0.2, 0.25) is 0 Å². The number of hydrogen-bond acceptors (Lipinski definition) is 5. The van der Waals surface area contributed by atoms with E-state index in [0.29, 0.717) is 29.9 Å². The average Bonchev–Trinajstić information content (AvgIpc) is 2.78. The molecule has 1 N–H and O–H groups in total. The SMILES string of the molecule is COc1cc(C(=O)N2CC[C@@](c3ccccc3)(N(C)C)[C@H](O)C2)nc2ccccc12. The lowest BCUT2D eigenvalue weighted by Gasteiger charge is -2.49. The van der Waals surface area contributed by atoms with Crippen molar-refractivity contribution < 1.29 is 14.6 Å². The van der Waals surface area contributed by atoms with Crippen LogP contribution in [0.4, 0.5) is 0 Å². The van der Waals surface area contributed by atoms with Crippen molar-refractivity contribution in [1.29, 1.82) is 0 Å². The zero-order valence-corrected chi connectivity index (χ0v) is 17.6. The summed E-state index contributed by atoms with van der Waals surface area (Å²) in [6.45, 7) is 0.766. The molecule has 0 radical (unpaired) electrons. The lowest BCUT2D eigenvalue weighted by molar-refractivity contribution is -0.0613. The molecule has 0 unspecified atom stereocenters. The van der Waals surface area contributed by atoms with E-state index in [1.807, 2.05) is 68.7 Å². The van der Waals surface area contributed by atoms with E-state index in [4.69, 9.17) is 4.74 Å². The number of β-amino-alcohol motifs (C(OH)–C–C–N with tert-alkyl or cyclic N) is 1. The predicted molar refractivity (Wildman–Crippen MR) is 117 cm³/mol. The first-order valence-corrected chi connectivity index (χ1v) is 10.1. The van der Waals surface area contributed by atoms with Gasteiger partial charge in [-0.15, -0.1) is 0 Å². The number of carbonyl (C=O) groups is 1. The van der Waals surface area contributed by atoms with Crippen molar-refractivity contribution in [3.05, 3.63) is 71.9 Å². The molecule has 6 heteroatoms. The molecule has 156 valence electrons. The van der Waals surface area contributed by atoms with Crippen LogP contribution in [0.15, 0.2) is 60.7 Å². The number of pyridine rings is 1. The summed E-state index contributed by atoms with van der Waals surface area (Å²) in [5.74, 6) is 0.423. The largest absolute Gasteiger partial charge is 0.496 e. The number of amides is 1. The normalized spacial score (nSPS) is 21.8. The highest BCUT2D eigenvalue weighted by molar-refractivity contribution is 5.97. The number of likely N-dealkylation sites (tertiary alicyclic amines) is 1. The third-order valence-electron chi connectivity index (χ3n) is 6.18. The monoisotopic (exact) mass is 405 g/mol. The molecule has 1 saturated heterocycles. The number of hydrogen-bond donors (Lipinski definition) is 1. The number of ether oxygens (including phenoxy) is 1. The minimum Gasteiger partial charge on any atom is -0.496 e. The van der Waals surface area contributed by atoms with Crippen LogP contribution in [0.25, 0.3) is 10.9 Å². The number of fused-ring (bicyclic) bond motifs is 1. The lowest BCUT2D eigenvalue weighted by Crippen LogP contribution is -2.60. The van der Waals surface area contributed by atoms with Crippen LogP contribution in [-0.2, 0) is 5.54 Å². The summed E-state index contributed by atoms with van der Waals surface area (Å²) in [6.07, 6.45) is -0.100. The summed E-state index contributed by atoms with van der Waals surface area (Å²) in [5.41, 5.74) is 1.56. The van der Waals surface area contributed by atoms with Crippen LogP contribution in [0, 0.1) is 0 Å². The van der Waals surface area contributed by atoms with Crippen LogP contribution in [0.3, 0.4) is 0 Å². The summed E-state index contributed by atoms with van der Waals surface area (Å²) >= 11 is 0. The number of benzene rings is 2. The maximum atomic E-state index is 13.3. The van der Waals surface area contributed by atoms with Crippen LogP contribution in [0.5, 0.6) is 5.75 Å². The summed E-state index contributed by atoms with van der Waals surface area (Å²) in [6, 6.07) is 19.3. The Morgan fingerprint density at radius 3 is 2.53 bits per heavy atom. The van der Waals surface area contributed by atoms with Crippen molar-refractivity contribution in [3.63, 3.8) is 0 Å². The van der Waals surface area contributed by atoms with Gasteiger partial charge in [-0.1, -0.05) is 42.5 Å². The van der Waals surface area contributed by atoms with Gasteiger partial charge in [0, 0.05) is 24.5 Å². The molecule has 3 aromatic rings. The summed E-state index contributed by atoms with van der Waals surface area (Å²) in [4.78, 5) is 21.6. The number of rotatable bonds is 4. The molecule has 1 fully saturated rings. The topological polar surface area (TPSA) is 65.9 Å². The average molecular weight is 405 g/mol. The van der Waals surface area contributed by atoms with Gasteiger partial charge in [-0.3, -0.25) is 9.69 Å². The Balaban J connectivity index is 1.63. The van der Waals surface area contributed by atoms with E-state index in [2.05, 4.69) is 9.88 Å². The van der Waals surface area contributed by atoms with E-state index in [0.717, 1.165) is 10.9 Å². The van der Waals surface area contributed by atoms with Gasteiger partial charge in [0.15, 0.2) is 0 Å². The molecular weight excluding hydrogens is 378 g/mol. The summed E-state index contributed by atoms with van der Waals surface area (Å²) < 4.78 is 5.48. The standard InChI is InChI=1S/C24H27N3O3/c1-26(2)24(17-9-5-4-6-10-17)13-14-27(16-22(24)28)23(29)20-15-21(30-3)18-11-7-8-12-19(18)25-20/h4-12,15,22,28H,13-14,16H2,1-3H3/t22-,24+/m1/s1. The summed E-state index contributed by atoms with van der Waals surface area (Å²) in [5, 5.41) is 12.1. The molecule has 4 rings (SSSR count). The van der Waals surface area contributed by atoms with Crippen molar-refractivity contribution in [2.24, 2.45) is 0 Å². The second-order valence-electron chi connectivity index (χ2n) is 7.93. The van der Waals surface area contributed by atoms with E-state index >= 15 is 0 Å². The molecule has 6 nitrogen and oxygen atoms in total. The zero-order valence-electron chi connectivity index (χ0n) is 17.6. The van der Waals surface area contributed by atoms with Gasteiger partial charge in [0.25, 0.3) is 5.91 Å². The molecule has 2 heterocycles. The van der Waals surface area contributed by atoms with E-state index < -0.39 is 11.6 Å². The Bertz CT molecular complexity index is 1050. The van der Waals surface area contributed by atoms with Crippen molar-refractivity contribution in [1.82, 2.24) is 14.8 Å². The van der Waals surface area contributed by atoms with E-state index in [9.17, 15) is 9.90 Å². The first-order chi connectivity index (χ1) is 14.5. The minimum absolute atomic E-state index is 0.196. The molecule has 0 aliphatic carbocycles. The van der Waals surface area contributed by atoms with Crippen molar-refractivity contribution in [2.45, 2.75) is 18.1 Å². The molecule has 2 atom stereocenters. The molecule has 1 amide bonds. The molecule has 0 saturated carbocycles. The van der Waals surface area contributed by atoms with Crippen LogP contribution in [-0.4, -0.2) is 66.2 Å². The highest BCUT2D eigenvalue weighted by Crippen LogP contribution is 2.38. The fourth-order valence-electron chi connectivity index (χ4n) is 4.53. The second-order valence-corrected chi connectivity index (χ2v) is 7.93. The van der Waals surface area contributed by atoms with Crippen LogP contribution in [0.1, 0.15) is 22.5 Å². The summed E-state index contributed by atoms with van der Waals surface area (Å²) in [7, 11) is 5.54. The fraction of sp³-hybridized carbons (Fsp3) is 0.333. The van der Waals surface area contributed by atoms with Gasteiger partial charge in [0.1, 0.15) is 11.4 Å². The number of methoxy groups -OCH3 is 1. The van der Waals surface area contributed by atoms with Crippen molar-refractivity contribution >= 4 is 16.8 Å². The van der Waals surface area contributed by atoms with Crippen molar-refractivity contribution in [2.75, 3.05) is 34.3 Å². The number of para-hydroxylation sites is 1. The smallest absolute Gasteiger partial charge is 0.272 e. The predicted octanol–water partition coefficient (Wildman–Crippen LogP) is 2.91. The van der Waals surface area contributed by atoms with Crippen LogP contribution >= 0.6 is 0 Å². The number of likely N-dealkylation sites (N-methyl/N-ethyl adjacent to an activating group) is 1. The van der Waals surface area contributed by atoms with Gasteiger partial charge < -0.3 is 14.7 Å². The number of aromatic nitrogens is 1. The molecule has 1 aliphatic heterocycles. The Labute approximate surface area is 176 Å². The van der Waals surface area contributed by atoms with Crippen molar-refractivity contribution in [3.8, 4) is 5.75 Å². The van der Waals surface area contributed by atoms with Gasteiger partial charge in [-0.2, -0.15) is 0 Å². The number of carbonyl (C=O) groups excluding carboxylic acids is 1. The van der Waals surface area contributed by atoms with Gasteiger partial charge in [-0.25, -0.2) is 4.98 Å². The molecule has 2 aromatic carbocycles. The number of nitrogens with zero attached hydrogens (tertiary/aromatic N) is 3. The third-order valence-corrected chi connectivity index (χ3v) is 6.18. The Morgan fingerprint density at radius 1 is 1.17 bits per heavy atom. The molecule has 1 aliphatic rings. The van der Waals surface area contributed by atoms with Gasteiger partial charge in [-0.05, 0) is 38.2 Å². The lowest BCUT2D eigenvalue weighted by atomic mass is 9.77. The maximum absolute atomic E-state index is 13.3. The molecule has 30 heavy (non-hydrogen) atoms. The maximum Gasteiger partial charge on any atom is 0.272 e. The van der Waals surface area contributed by atoms with E-state index in [1.54, 1.807) is 18.1 Å². The fourth-order valence-corrected chi connectivity index (χ4v) is 4.53. The van der Waals surface area contributed by atoms with E-state index in [1.165, 1.54) is 0 Å². The second kappa shape index (κ2) is 8.05. The zero-order chi connectivity index (χ0) is 21.3. The highest BCUT2D eigenvalue weighted by Gasteiger charge is 2.46. The minimum atomic E-state index is -0.727. The molecule has 0 bridgehead atoms. The molecule has 0 spiro atoms. The van der Waals surface area contributed by atoms with Crippen LogP contribution < -0.4 is 4.74 Å². The Morgan fingerprint density at radius 2 is 1.87 bits per heavy atom. The quantitative estimate of drug-likeness (QED) is 0.723. The van der Waals surface area contributed by atoms with E-state index in [-0.39, 0.29) is 12.5 Å². The van der Waals surface area contributed by atoms with Gasteiger partial charge >= 0.3 is 0 Å². The number of aliphatic hydroxyl groups is 1. The molecular formula is C24H27N3O3. The Kier molecular flexibility index (Phi) is 5.45. The Hall–Kier alpha value is -2.96. The van der Waals surface area contributed by atoms with Crippen LogP contribution in [0.2, 0.25) is 0 Å². The van der Waals surface area contributed by atoms with Gasteiger partial charge in [0.05, 0.1) is 24.3 Å². The molecule has 1 aromatic heterocycles. The first kappa shape index (κ1) is 20.3. The number of piperidine rings is 1. The first-order valence-electron chi connectivity index (χ1n) is 10.1. The number of aliphatic hydroxyl groups excluding tert-OH is 1. The highest BCUT2D eigenvalue weighted by atomic mass is 16.5. The third kappa shape index (κ3) is 3.32.